The van der Waals surface area contributed by atoms with E-state index in [4.69, 9.17) is 5.10 Å². The number of carbonyl (C=O) groups is 1. The molecule has 8 heteroatoms. The van der Waals surface area contributed by atoms with Crippen LogP contribution in [0.15, 0.2) is 90.1 Å². The number of fused-ring (bicyclic) bond motifs is 1. The van der Waals surface area contributed by atoms with Crippen molar-refractivity contribution < 1.29 is 4.79 Å². The molecule has 34 heavy (non-hydrogen) atoms. The molecule has 0 unspecified atom stereocenters. The highest BCUT2D eigenvalue weighted by Crippen LogP contribution is 2.23. The van der Waals surface area contributed by atoms with E-state index in [1.54, 1.807) is 35.3 Å². The zero-order chi connectivity index (χ0) is 23.3. The molecule has 3 aromatic heterocycles. The number of aryl methyl sites for hydroxylation is 1. The summed E-state index contributed by atoms with van der Waals surface area (Å²) in [5, 5.41) is 8.25. The number of rotatable bonds is 7. The molecule has 2 N–H and O–H groups in total. The van der Waals surface area contributed by atoms with Crippen molar-refractivity contribution in [2.24, 2.45) is 0 Å². The van der Waals surface area contributed by atoms with Gasteiger partial charge in [-0.1, -0.05) is 30.3 Å². The molecule has 3 heterocycles. The number of aromatic nitrogens is 5. The van der Waals surface area contributed by atoms with Gasteiger partial charge >= 0.3 is 0 Å². The number of hydrogen-bond acceptors (Lipinski definition) is 5. The third kappa shape index (κ3) is 4.61. The minimum Gasteiger partial charge on any atom is -0.352 e. The van der Waals surface area contributed by atoms with Gasteiger partial charge in [0.1, 0.15) is 5.82 Å². The van der Waals surface area contributed by atoms with Crippen LogP contribution in [0.5, 0.6) is 0 Å². The third-order valence-corrected chi connectivity index (χ3v) is 5.49. The van der Waals surface area contributed by atoms with E-state index in [0.717, 1.165) is 22.5 Å². The van der Waals surface area contributed by atoms with Gasteiger partial charge in [-0.05, 0) is 36.4 Å². The number of amides is 1. The Morgan fingerprint density at radius 1 is 0.971 bits per heavy atom. The molecule has 168 valence electrons. The van der Waals surface area contributed by atoms with Crippen molar-refractivity contribution in [3.05, 3.63) is 107 Å². The molecule has 0 fully saturated rings. The molecule has 8 nitrogen and oxygen atoms in total. The first-order valence-corrected chi connectivity index (χ1v) is 11.0. The van der Waals surface area contributed by atoms with Crippen LogP contribution in [0.3, 0.4) is 0 Å². The highest BCUT2D eigenvalue weighted by Gasteiger charge is 2.14. The number of hydrogen-bond donors (Lipinski definition) is 2. The highest BCUT2D eigenvalue weighted by atomic mass is 16.1. The van der Waals surface area contributed by atoms with Crippen molar-refractivity contribution >= 4 is 16.8 Å². The van der Waals surface area contributed by atoms with Crippen molar-refractivity contribution in [1.82, 2.24) is 30.0 Å². The first-order chi connectivity index (χ1) is 16.7. The number of nitrogens with zero attached hydrogens (tertiary/aromatic N) is 4. The first-order valence-electron chi connectivity index (χ1n) is 11.0. The molecule has 0 aliphatic heterocycles. The Balaban J connectivity index is 1.30. The summed E-state index contributed by atoms with van der Waals surface area (Å²) in [6.07, 6.45) is 5.91. The van der Waals surface area contributed by atoms with Crippen molar-refractivity contribution in [3.8, 4) is 16.9 Å². The molecule has 2 aromatic carbocycles. The lowest BCUT2D eigenvalue weighted by molar-refractivity contribution is -0.121. The van der Waals surface area contributed by atoms with Crippen molar-refractivity contribution in [2.45, 2.75) is 19.4 Å². The monoisotopic (exact) mass is 450 g/mol. The Hall–Kier alpha value is -4.59. The number of aromatic amines is 1. The molecule has 0 spiro atoms. The quantitative estimate of drug-likeness (QED) is 0.395. The maximum absolute atomic E-state index is 12.6. The largest absolute Gasteiger partial charge is 0.352 e. The van der Waals surface area contributed by atoms with Crippen molar-refractivity contribution in [2.75, 3.05) is 0 Å². The fourth-order valence-electron chi connectivity index (χ4n) is 3.77. The standard InChI is InChI=1S/C26H22N6O2/c33-24(11-10-23-29-22-9-5-4-8-21(22)26(34)30-23)28-16-19-17-32(20-6-2-1-3-7-20)31-25(19)18-12-14-27-15-13-18/h1-9,12-15,17H,10-11,16H2,(H,28,33)(H,29,30,34). The summed E-state index contributed by atoms with van der Waals surface area (Å²) in [6.45, 7) is 0.324. The Labute approximate surface area is 195 Å². The van der Waals surface area contributed by atoms with Gasteiger partial charge in [-0.2, -0.15) is 5.10 Å². The summed E-state index contributed by atoms with van der Waals surface area (Å²) >= 11 is 0. The number of carbonyl (C=O) groups excluding carboxylic acids is 1. The lowest BCUT2D eigenvalue weighted by Gasteiger charge is -2.06. The lowest BCUT2D eigenvalue weighted by atomic mass is 10.1. The second-order valence-corrected chi connectivity index (χ2v) is 7.83. The van der Waals surface area contributed by atoms with Crippen molar-refractivity contribution in [1.29, 1.82) is 0 Å². The Kier molecular flexibility index (Phi) is 5.94. The van der Waals surface area contributed by atoms with E-state index < -0.39 is 0 Å². The van der Waals surface area contributed by atoms with E-state index in [0.29, 0.717) is 29.7 Å². The predicted molar refractivity (Wildman–Crippen MR) is 129 cm³/mol. The number of benzene rings is 2. The summed E-state index contributed by atoms with van der Waals surface area (Å²) in [5.74, 6) is 0.358. The summed E-state index contributed by atoms with van der Waals surface area (Å²) in [6, 6.07) is 20.8. The second-order valence-electron chi connectivity index (χ2n) is 7.83. The SMILES string of the molecule is O=C(CCc1nc2ccccc2c(=O)[nH]1)NCc1cn(-c2ccccc2)nc1-c1ccncc1. The smallest absolute Gasteiger partial charge is 0.258 e. The second kappa shape index (κ2) is 9.50. The third-order valence-electron chi connectivity index (χ3n) is 5.49. The van der Waals surface area contributed by atoms with Crippen LogP contribution in [-0.2, 0) is 17.8 Å². The molecule has 0 saturated heterocycles. The van der Waals surface area contributed by atoms with Crippen LogP contribution >= 0.6 is 0 Å². The van der Waals surface area contributed by atoms with Gasteiger partial charge in [-0.3, -0.25) is 14.6 Å². The Bertz CT molecular complexity index is 1490. The molecule has 0 atom stereocenters. The van der Waals surface area contributed by atoms with Gasteiger partial charge in [0.05, 0.1) is 22.3 Å². The molecule has 0 radical (unpaired) electrons. The van der Waals surface area contributed by atoms with Crippen molar-refractivity contribution in [3.63, 3.8) is 0 Å². The lowest BCUT2D eigenvalue weighted by Crippen LogP contribution is -2.24. The molecule has 0 aliphatic carbocycles. The van der Waals surface area contributed by atoms with Crippen LogP contribution in [0.2, 0.25) is 0 Å². The van der Waals surface area contributed by atoms with Crippen LogP contribution in [0, 0.1) is 0 Å². The maximum atomic E-state index is 12.6. The summed E-state index contributed by atoms with van der Waals surface area (Å²) in [7, 11) is 0. The molecule has 5 aromatic rings. The van der Waals surface area contributed by atoms with E-state index in [2.05, 4.69) is 20.3 Å². The average Bonchev–Trinajstić information content (AvgIpc) is 3.32. The van der Waals surface area contributed by atoms with Crippen LogP contribution in [0.1, 0.15) is 17.8 Å². The average molecular weight is 451 g/mol. The maximum Gasteiger partial charge on any atom is 0.258 e. The van der Waals surface area contributed by atoms with Crippen LogP contribution in [-0.4, -0.2) is 30.6 Å². The summed E-state index contributed by atoms with van der Waals surface area (Å²) < 4.78 is 1.81. The molecule has 0 bridgehead atoms. The van der Waals surface area contributed by atoms with Gasteiger partial charge in [0.25, 0.3) is 5.56 Å². The highest BCUT2D eigenvalue weighted by molar-refractivity contribution is 5.78. The van der Waals surface area contributed by atoms with Gasteiger partial charge in [0.15, 0.2) is 0 Å². The zero-order valence-electron chi connectivity index (χ0n) is 18.3. The minimum atomic E-state index is -0.198. The topological polar surface area (TPSA) is 106 Å². The number of H-pyrrole nitrogens is 1. The van der Waals surface area contributed by atoms with E-state index in [9.17, 15) is 9.59 Å². The first kappa shape index (κ1) is 21.3. The van der Waals surface area contributed by atoms with Gasteiger partial charge in [-0.15, -0.1) is 0 Å². The molecule has 0 aliphatic rings. The molecular formula is C26H22N6O2. The van der Waals surface area contributed by atoms with E-state index in [1.807, 2.05) is 54.7 Å². The van der Waals surface area contributed by atoms with Gasteiger partial charge in [-0.25, -0.2) is 9.67 Å². The van der Waals surface area contributed by atoms with Crippen LogP contribution in [0.4, 0.5) is 0 Å². The zero-order valence-corrected chi connectivity index (χ0v) is 18.3. The van der Waals surface area contributed by atoms with E-state index in [1.165, 1.54) is 0 Å². The van der Waals surface area contributed by atoms with E-state index >= 15 is 0 Å². The minimum absolute atomic E-state index is 0.135. The predicted octanol–water partition coefficient (Wildman–Crippen LogP) is 3.42. The molecule has 1 amide bonds. The normalized spacial score (nSPS) is 10.9. The Morgan fingerprint density at radius 3 is 2.56 bits per heavy atom. The molecular weight excluding hydrogens is 428 g/mol. The van der Waals surface area contributed by atoms with Gasteiger partial charge in [0, 0.05) is 49.1 Å². The summed E-state index contributed by atoms with van der Waals surface area (Å²) in [4.78, 5) is 36.1. The fraction of sp³-hybridized carbons (Fsp3) is 0.115. The number of pyridine rings is 1. The number of nitrogens with one attached hydrogen (secondary N) is 2. The summed E-state index contributed by atoms with van der Waals surface area (Å²) in [5.41, 5.74) is 3.95. The Morgan fingerprint density at radius 2 is 1.74 bits per heavy atom. The molecule has 5 rings (SSSR count). The molecule has 0 saturated carbocycles. The number of para-hydroxylation sites is 2. The van der Waals surface area contributed by atoms with Crippen LogP contribution < -0.4 is 10.9 Å². The van der Waals surface area contributed by atoms with Gasteiger partial charge < -0.3 is 10.3 Å². The van der Waals surface area contributed by atoms with Crippen LogP contribution in [0.25, 0.3) is 27.8 Å². The fourth-order valence-corrected chi connectivity index (χ4v) is 3.77. The van der Waals surface area contributed by atoms with Gasteiger partial charge in [0.2, 0.25) is 5.91 Å². The van der Waals surface area contributed by atoms with E-state index in [-0.39, 0.29) is 17.9 Å².